The number of benzene rings is 1. The fourth-order valence-electron chi connectivity index (χ4n) is 2.25. The Hall–Kier alpha value is -2.40. The van der Waals surface area contributed by atoms with Crippen LogP contribution in [0.1, 0.15) is 17.4 Å². The van der Waals surface area contributed by atoms with E-state index in [9.17, 15) is 0 Å². The molecule has 3 rings (SSSR count). The Morgan fingerprint density at radius 1 is 1.14 bits per heavy atom. The average molecular weight is 311 g/mol. The first-order valence-electron chi connectivity index (χ1n) is 7.14. The summed E-state index contributed by atoms with van der Waals surface area (Å²) in [5.74, 6) is 0.889. The van der Waals surface area contributed by atoms with E-state index in [2.05, 4.69) is 22.1 Å². The normalized spacial score (nSPS) is 10.6. The minimum atomic E-state index is 0.571. The van der Waals surface area contributed by atoms with Crippen molar-refractivity contribution in [2.45, 2.75) is 13.3 Å². The van der Waals surface area contributed by atoms with Gasteiger partial charge in [-0.25, -0.2) is 4.98 Å². The molecule has 2 aromatic heterocycles. The van der Waals surface area contributed by atoms with Gasteiger partial charge in [0.2, 0.25) is 0 Å². The van der Waals surface area contributed by atoms with E-state index in [0.717, 1.165) is 28.4 Å². The van der Waals surface area contributed by atoms with E-state index in [1.165, 1.54) is 16.9 Å². The Kier molecular flexibility index (Phi) is 4.34. The SMILES string of the molecule is CCOc1ccc(Cc2sc(N)nc2-c2ccccn2)cc1. The van der Waals surface area contributed by atoms with E-state index in [1.54, 1.807) is 6.20 Å². The number of thiazole rings is 1. The van der Waals surface area contributed by atoms with Crippen molar-refractivity contribution < 1.29 is 4.74 Å². The summed E-state index contributed by atoms with van der Waals surface area (Å²) >= 11 is 1.51. The van der Waals surface area contributed by atoms with Gasteiger partial charge < -0.3 is 10.5 Å². The fraction of sp³-hybridized carbons (Fsp3) is 0.176. The van der Waals surface area contributed by atoms with Crippen LogP contribution in [0, 0.1) is 0 Å². The van der Waals surface area contributed by atoms with Crippen molar-refractivity contribution in [3.8, 4) is 17.1 Å². The first-order valence-corrected chi connectivity index (χ1v) is 7.96. The number of rotatable bonds is 5. The van der Waals surface area contributed by atoms with Crippen LogP contribution in [0.25, 0.3) is 11.4 Å². The number of aromatic nitrogens is 2. The zero-order valence-corrected chi connectivity index (χ0v) is 13.1. The molecule has 0 atom stereocenters. The van der Waals surface area contributed by atoms with Crippen LogP contribution in [-0.2, 0) is 6.42 Å². The predicted octanol–water partition coefficient (Wildman–Crippen LogP) is 3.78. The monoisotopic (exact) mass is 311 g/mol. The smallest absolute Gasteiger partial charge is 0.180 e. The first kappa shape index (κ1) is 14.5. The van der Waals surface area contributed by atoms with E-state index in [4.69, 9.17) is 10.5 Å². The molecule has 0 fully saturated rings. The summed E-state index contributed by atoms with van der Waals surface area (Å²) in [7, 11) is 0. The second-order valence-corrected chi connectivity index (χ2v) is 5.91. The molecule has 0 aliphatic carbocycles. The molecule has 0 saturated carbocycles. The topological polar surface area (TPSA) is 61.0 Å². The van der Waals surface area contributed by atoms with E-state index < -0.39 is 0 Å². The molecular formula is C17H17N3OS. The second kappa shape index (κ2) is 6.58. The van der Waals surface area contributed by atoms with Crippen LogP contribution in [0.15, 0.2) is 48.7 Å². The maximum absolute atomic E-state index is 5.89. The van der Waals surface area contributed by atoms with Crippen LogP contribution in [0.4, 0.5) is 5.13 Å². The molecule has 112 valence electrons. The van der Waals surface area contributed by atoms with Crippen molar-refractivity contribution in [1.82, 2.24) is 9.97 Å². The van der Waals surface area contributed by atoms with Gasteiger partial charge in [0, 0.05) is 17.5 Å². The lowest BCUT2D eigenvalue weighted by Crippen LogP contribution is -1.93. The highest BCUT2D eigenvalue weighted by atomic mass is 32.1. The molecule has 5 heteroatoms. The highest BCUT2D eigenvalue weighted by molar-refractivity contribution is 7.15. The summed E-state index contributed by atoms with van der Waals surface area (Å²) in [5, 5.41) is 0.571. The summed E-state index contributed by atoms with van der Waals surface area (Å²) in [5.41, 5.74) is 8.82. The van der Waals surface area contributed by atoms with Gasteiger partial charge in [0.25, 0.3) is 0 Å². The van der Waals surface area contributed by atoms with Gasteiger partial charge >= 0.3 is 0 Å². The molecule has 22 heavy (non-hydrogen) atoms. The second-order valence-electron chi connectivity index (χ2n) is 4.79. The zero-order valence-electron chi connectivity index (χ0n) is 12.3. The summed E-state index contributed by atoms with van der Waals surface area (Å²) in [4.78, 5) is 9.93. The predicted molar refractivity (Wildman–Crippen MR) is 90.2 cm³/mol. The van der Waals surface area contributed by atoms with Gasteiger partial charge in [-0.05, 0) is 36.8 Å². The number of nitrogens with two attached hydrogens (primary N) is 1. The van der Waals surface area contributed by atoms with Gasteiger partial charge in [0.1, 0.15) is 11.4 Å². The molecule has 0 spiro atoms. The van der Waals surface area contributed by atoms with E-state index in [1.807, 2.05) is 37.3 Å². The molecule has 0 aliphatic rings. The maximum atomic E-state index is 5.89. The molecule has 0 aliphatic heterocycles. The van der Waals surface area contributed by atoms with Crippen molar-refractivity contribution in [2.75, 3.05) is 12.3 Å². The van der Waals surface area contributed by atoms with Crippen LogP contribution in [0.3, 0.4) is 0 Å². The summed E-state index contributed by atoms with van der Waals surface area (Å²) in [6.07, 6.45) is 2.55. The third-order valence-electron chi connectivity index (χ3n) is 3.22. The molecule has 2 N–H and O–H groups in total. The van der Waals surface area contributed by atoms with Gasteiger partial charge in [-0.2, -0.15) is 0 Å². The van der Waals surface area contributed by atoms with Crippen LogP contribution < -0.4 is 10.5 Å². The van der Waals surface area contributed by atoms with Crippen LogP contribution in [0.2, 0.25) is 0 Å². The number of pyridine rings is 1. The van der Waals surface area contributed by atoms with E-state index >= 15 is 0 Å². The molecule has 3 aromatic rings. The molecule has 0 amide bonds. The first-order chi connectivity index (χ1) is 10.8. The molecular weight excluding hydrogens is 294 g/mol. The standard InChI is InChI=1S/C17H17N3OS/c1-2-21-13-8-6-12(7-9-13)11-15-16(20-17(18)22-15)14-5-3-4-10-19-14/h3-10H,2,11H2,1H3,(H2,18,20). The van der Waals surface area contributed by atoms with Crippen molar-refractivity contribution in [2.24, 2.45) is 0 Å². The van der Waals surface area contributed by atoms with Crippen LogP contribution in [0.5, 0.6) is 5.75 Å². The number of hydrogen-bond donors (Lipinski definition) is 1. The third-order valence-corrected chi connectivity index (χ3v) is 4.10. The minimum Gasteiger partial charge on any atom is -0.494 e. The van der Waals surface area contributed by atoms with Gasteiger partial charge in [0.15, 0.2) is 5.13 Å². The average Bonchev–Trinajstić information content (AvgIpc) is 2.91. The molecule has 0 bridgehead atoms. The molecule has 2 heterocycles. The number of nitrogens with zero attached hydrogens (tertiary/aromatic N) is 2. The third kappa shape index (κ3) is 3.26. The van der Waals surface area contributed by atoms with Gasteiger partial charge in [-0.1, -0.05) is 18.2 Å². The van der Waals surface area contributed by atoms with Crippen LogP contribution in [-0.4, -0.2) is 16.6 Å². The van der Waals surface area contributed by atoms with Crippen molar-refractivity contribution in [3.63, 3.8) is 0 Å². The number of hydrogen-bond acceptors (Lipinski definition) is 5. The lowest BCUT2D eigenvalue weighted by Gasteiger charge is -2.05. The van der Waals surface area contributed by atoms with Gasteiger partial charge in [-0.15, -0.1) is 11.3 Å². The Morgan fingerprint density at radius 2 is 1.95 bits per heavy atom. The van der Waals surface area contributed by atoms with Crippen molar-refractivity contribution in [3.05, 3.63) is 59.1 Å². The molecule has 1 aromatic carbocycles. The van der Waals surface area contributed by atoms with Gasteiger partial charge in [-0.3, -0.25) is 4.98 Å². The van der Waals surface area contributed by atoms with Crippen molar-refractivity contribution >= 4 is 16.5 Å². The Labute approximate surface area is 133 Å². The quantitative estimate of drug-likeness (QED) is 0.779. The van der Waals surface area contributed by atoms with Gasteiger partial charge in [0.05, 0.1) is 12.3 Å². The maximum Gasteiger partial charge on any atom is 0.180 e. The van der Waals surface area contributed by atoms with E-state index in [-0.39, 0.29) is 0 Å². The minimum absolute atomic E-state index is 0.571. The summed E-state index contributed by atoms with van der Waals surface area (Å²) in [6.45, 7) is 2.65. The Balaban J connectivity index is 1.86. The highest BCUT2D eigenvalue weighted by Crippen LogP contribution is 2.30. The number of anilines is 1. The molecule has 0 radical (unpaired) electrons. The summed E-state index contributed by atoms with van der Waals surface area (Å²) < 4.78 is 5.47. The van der Waals surface area contributed by atoms with Crippen molar-refractivity contribution in [1.29, 1.82) is 0 Å². The molecule has 4 nitrogen and oxygen atoms in total. The molecule has 0 unspecified atom stereocenters. The largest absolute Gasteiger partial charge is 0.494 e. The fourth-order valence-corrected chi connectivity index (χ4v) is 3.12. The molecule has 0 saturated heterocycles. The zero-order chi connectivity index (χ0) is 15.4. The number of nitrogen functional groups attached to an aromatic ring is 1. The Bertz CT molecular complexity index is 738. The lowest BCUT2D eigenvalue weighted by atomic mass is 10.1. The van der Waals surface area contributed by atoms with Crippen LogP contribution >= 0.6 is 11.3 Å². The Morgan fingerprint density at radius 3 is 2.64 bits per heavy atom. The number of ether oxygens (including phenoxy) is 1. The van der Waals surface area contributed by atoms with E-state index in [0.29, 0.717) is 11.7 Å². The summed E-state index contributed by atoms with van der Waals surface area (Å²) in [6, 6.07) is 13.9. The lowest BCUT2D eigenvalue weighted by molar-refractivity contribution is 0.340. The highest BCUT2D eigenvalue weighted by Gasteiger charge is 2.13.